The first kappa shape index (κ1) is 18.4. The van der Waals surface area contributed by atoms with Gasteiger partial charge in [0.2, 0.25) is 0 Å². The number of hydrogen-bond donors (Lipinski definition) is 1. The summed E-state index contributed by atoms with van der Waals surface area (Å²) in [4.78, 5) is 7.83. The number of aryl methyl sites for hydroxylation is 1. The minimum atomic E-state index is 0.241. The molecule has 0 spiro atoms. The van der Waals surface area contributed by atoms with Crippen LogP contribution in [0.5, 0.6) is 5.75 Å². The Morgan fingerprint density at radius 1 is 1.20 bits per heavy atom. The first-order valence-electron chi connectivity index (χ1n) is 8.93. The Hall–Kier alpha value is -1.40. The SMILES string of the molecule is COc1cccc(CN2CCN(Cc3ccc(C)s3)C[C@@H]2CCO)c1. The van der Waals surface area contributed by atoms with Crippen molar-refractivity contribution in [2.75, 3.05) is 33.4 Å². The van der Waals surface area contributed by atoms with Crippen molar-refractivity contribution < 1.29 is 9.84 Å². The predicted molar refractivity (Wildman–Crippen MR) is 103 cm³/mol. The maximum atomic E-state index is 9.50. The van der Waals surface area contributed by atoms with E-state index < -0.39 is 0 Å². The molecule has 2 heterocycles. The lowest BCUT2D eigenvalue weighted by Gasteiger charge is -2.41. The number of ether oxygens (including phenoxy) is 1. The van der Waals surface area contributed by atoms with Crippen molar-refractivity contribution in [2.24, 2.45) is 0 Å². The number of benzene rings is 1. The van der Waals surface area contributed by atoms with Crippen molar-refractivity contribution in [3.63, 3.8) is 0 Å². The van der Waals surface area contributed by atoms with Crippen molar-refractivity contribution in [1.29, 1.82) is 0 Å². The van der Waals surface area contributed by atoms with Crippen LogP contribution in [-0.2, 0) is 13.1 Å². The van der Waals surface area contributed by atoms with Gasteiger partial charge in [-0.05, 0) is 43.2 Å². The normalized spacial score (nSPS) is 19.2. The van der Waals surface area contributed by atoms with Crippen LogP contribution in [0.3, 0.4) is 0 Å². The summed E-state index contributed by atoms with van der Waals surface area (Å²) in [7, 11) is 1.71. The van der Waals surface area contributed by atoms with E-state index in [4.69, 9.17) is 4.74 Å². The summed E-state index contributed by atoms with van der Waals surface area (Å²) in [5.74, 6) is 0.905. The van der Waals surface area contributed by atoms with Crippen LogP contribution in [0.2, 0.25) is 0 Å². The fourth-order valence-electron chi connectivity index (χ4n) is 3.53. The summed E-state index contributed by atoms with van der Waals surface area (Å²) in [5, 5.41) is 9.50. The Balaban J connectivity index is 1.62. The van der Waals surface area contributed by atoms with Gasteiger partial charge in [-0.3, -0.25) is 9.80 Å². The number of methoxy groups -OCH3 is 1. The van der Waals surface area contributed by atoms with Gasteiger partial charge in [0.25, 0.3) is 0 Å². The van der Waals surface area contributed by atoms with E-state index in [0.29, 0.717) is 6.04 Å². The molecule has 0 amide bonds. The molecule has 25 heavy (non-hydrogen) atoms. The summed E-state index contributed by atoms with van der Waals surface area (Å²) >= 11 is 1.88. The molecule has 0 unspecified atom stereocenters. The Labute approximate surface area is 154 Å². The Kier molecular flexibility index (Phi) is 6.48. The molecule has 1 aromatic heterocycles. The van der Waals surface area contributed by atoms with Crippen molar-refractivity contribution >= 4 is 11.3 Å². The molecule has 1 fully saturated rings. The van der Waals surface area contributed by atoms with Crippen LogP contribution < -0.4 is 4.74 Å². The first-order valence-corrected chi connectivity index (χ1v) is 9.75. The molecule has 5 heteroatoms. The van der Waals surface area contributed by atoms with Crippen molar-refractivity contribution in [3.05, 3.63) is 51.7 Å². The molecule has 0 bridgehead atoms. The van der Waals surface area contributed by atoms with E-state index in [-0.39, 0.29) is 6.61 Å². The third-order valence-electron chi connectivity index (χ3n) is 4.85. The molecular formula is C20H28N2O2S. The fourth-order valence-corrected chi connectivity index (χ4v) is 4.46. The molecule has 0 radical (unpaired) electrons. The zero-order valence-electron chi connectivity index (χ0n) is 15.1. The largest absolute Gasteiger partial charge is 0.497 e. The van der Waals surface area contributed by atoms with Crippen LogP contribution in [0.25, 0.3) is 0 Å². The molecule has 1 aliphatic heterocycles. The number of aliphatic hydroxyl groups is 1. The first-order chi connectivity index (χ1) is 12.2. The minimum absolute atomic E-state index is 0.241. The summed E-state index contributed by atoms with van der Waals surface area (Å²) in [6.07, 6.45) is 0.823. The molecule has 0 aliphatic carbocycles. The maximum Gasteiger partial charge on any atom is 0.119 e. The highest BCUT2D eigenvalue weighted by molar-refractivity contribution is 7.11. The quantitative estimate of drug-likeness (QED) is 0.823. The topological polar surface area (TPSA) is 35.9 Å². The molecule has 136 valence electrons. The van der Waals surface area contributed by atoms with E-state index in [0.717, 1.165) is 44.9 Å². The van der Waals surface area contributed by atoms with E-state index >= 15 is 0 Å². The van der Waals surface area contributed by atoms with Gasteiger partial charge >= 0.3 is 0 Å². The van der Waals surface area contributed by atoms with Crippen molar-refractivity contribution in [2.45, 2.75) is 32.5 Å². The second-order valence-corrected chi connectivity index (χ2v) is 8.11. The van der Waals surface area contributed by atoms with Crippen LogP contribution in [0, 0.1) is 6.92 Å². The lowest BCUT2D eigenvalue weighted by Crippen LogP contribution is -2.52. The van der Waals surface area contributed by atoms with Crippen molar-refractivity contribution in [1.82, 2.24) is 9.80 Å². The van der Waals surface area contributed by atoms with Gasteiger partial charge in [0.1, 0.15) is 5.75 Å². The molecule has 2 aromatic rings. The minimum Gasteiger partial charge on any atom is -0.497 e. The van der Waals surface area contributed by atoms with Crippen molar-refractivity contribution in [3.8, 4) is 5.75 Å². The van der Waals surface area contributed by atoms with Gasteiger partial charge in [-0.25, -0.2) is 0 Å². The summed E-state index contributed by atoms with van der Waals surface area (Å²) < 4.78 is 5.34. The highest BCUT2D eigenvalue weighted by Gasteiger charge is 2.26. The average Bonchev–Trinajstić information content (AvgIpc) is 3.02. The van der Waals surface area contributed by atoms with E-state index in [2.05, 4.69) is 41.0 Å². The second kappa shape index (κ2) is 8.81. The van der Waals surface area contributed by atoms with Crippen LogP contribution >= 0.6 is 11.3 Å². The number of piperazine rings is 1. The third kappa shape index (κ3) is 5.05. The molecular weight excluding hydrogens is 332 g/mol. The fraction of sp³-hybridized carbons (Fsp3) is 0.500. The lowest BCUT2D eigenvalue weighted by molar-refractivity contribution is 0.0504. The number of rotatable bonds is 7. The van der Waals surface area contributed by atoms with E-state index in [1.54, 1.807) is 7.11 Å². The predicted octanol–water partition coefficient (Wildman–Crippen LogP) is 3.13. The summed E-state index contributed by atoms with van der Waals surface area (Å²) in [6, 6.07) is 13.1. The lowest BCUT2D eigenvalue weighted by atomic mass is 10.1. The van der Waals surface area contributed by atoms with Gasteiger partial charge in [0, 0.05) is 55.1 Å². The molecule has 3 rings (SSSR count). The van der Waals surface area contributed by atoms with Crippen LogP contribution in [0.15, 0.2) is 36.4 Å². The van der Waals surface area contributed by atoms with Gasteiger partial charge in [0.15, 0.2) is 0 Å². The Bertz CT molecular complexity index is 673. The molecule has 1 saturated heterocycles. The smallest absolute Gasteiger partial charge is 0.119 e. The number of thiophene rings is 1. The third-order valence-corrected chi connectivity index (χ3v) is 5.83. The maximum absolute atomic E-state index is 9.50. The molecule has 1 aliphatic rings. The number of aliphatic hydroxyl groups excluding tert-OH is 1. The Morgan fingerprint density at radius 2 is 2.08 bits per heavy atom. The van der Waals surface area contributed by atoms with Crippen LogP contribution in [-0.4, -0.2) is 54.3 Å². The number of hydrogen-bond acceptors (Lipinski definition) is 5. The average molecular weight is 361 g/mol. The van der Waals surface area contributed by atoms with Gasteiger partial charge in [0.05, 0.1) is 7.11 Å². The zero-order valence-corrected chi connectivity index (χ0v) is 16.0. The summed E-state index contributed by atoms with van der Waals surface area (Å²) in [6.45, 7) is 7.46. The molecule has 1 N–H and O–H groups in total. The zero-order chi connectivity index (χ0) is 17.6. The van der Waals surface area contributed by atoms with Gasteiger partial charge in [-0.1, -0.05) is 12.1 Å². The van der Waals surface area contributed by atoms with Gasteiger partial charge in [-0.2, -0.15) is 0 Å². The van der Waals surface area contributed by atoms with E-state index in [9.17, 15) is 5.11 Å². The summed E-state index contributed by atoms with van der Waals surface area (Å²) in [5.41, 5.74) is 1.27. The highest BCUT2D eigenvalue weighted by Crippen LogP contribution is 2.22. The standard InChI is InChI=1S/C20H28N2O2S/c1-16-6-7-20(25-16)15-21-9-10-22(18(14-21)8-11-23)13-17-4-3-5-19(12-17)24-2/h3-7,12,18,23H,8-11,13-15H2,1-2H3/t18-/m0/s1. The van der Waals surface area contributed by atoms with Crippen LogP contribution in [0.1, 0.15) is 21.7 Å². The van der Waals surface area contributed by atoms with Gasteiger partial charge in [-0.15, -0.1) is 11.3 Å². The molecule has 1 aromatic carbocycles. The van der Waals surface area contributed by atoms with Gasteiger partial charge < -0.3 is 9.84 Å². The monoisotopic (exact) mass is 360 g/mol. The number of nitrogens with zero attached hydrogens (tertiary/aromatic N) is 2. The van der Waals surface area contributed by atoms with E-state index in [1.807, 2.05) is 23.5 Å². The van der Waals surface area contributed by atoms with E-state index in [1.165, 1.54) is 15.3 Å². The Morgan fingerprint density at radius 3 is 2.80 bits per heavy atom. The highest BCUT2D eigenvalue weighted by atomic mass is 32.1. The molecule has 4 nitrogen and oxygen atoms in total. The second-order valence-electron chi connectivity index (χ2n) is 6.74. The van der Waals surface area contributed by atoms with Crippen LogP contribution in [0.4, 0.5) is 0 Å². The molecule has 0 saturated carbocycles. The molecule has 1 atom stereocenters.